The molecule has 0 amide bonds. The number of fused-ring (bicyclic) bond motifs is 1. The predicted octanol–water partition coefficient (Wildman–Crippen LogP) is 2.02. The summed E-state index contributed by atoms with van der Waals surface area (Å²) in [6.45, 7) is 2.25. The van der Waals surface area contributed by atoms with Crippen molar-refractivity contribution >= 4 is 17.6 Å². The molecule has 1 aromatic heterocycles. The SMILES string of the molecule is C[C@H]1OCc2nc(Cl)c(C(=O)O)cc21. The van der Waals surface area contributed by atoms with Crippen molar-refractivity contribution in [2.24, 2.45) is 0 Å². The van der Waals surface area contributed by atoms with Crippen LogP contribution in [0.1, 0.15) is 34.6 Å². The number of carboxylic acids is 1. The lowest BCUT2D eigenvalue weighted by Crippen LogP contribution is -2.02. The van der Waals surface area contributed by atoms with Gasteiger partial charge in [-0.2, -0.15) is 0 Å². The van der Waals surface area contributed by atoms with Crippen LogP contribution < -0.4 is 0 Å². The van der Waals surface area contributed by atoms with E-state index in [1.807, 2.05) is 6.92 Å². The Morgan fingerprint density at radius 1 is 1.79 bits per heavy atom. The maximum atomic E-state index is 10.8. The lowest BCUT2D eigenvalue weighted by molar-refractivity contribution is 0.0696. The summed E-state index contributed by atoms with van der Waals surface area (Å²) < 4.78 is 5.30. The highest BCUT2D eigenvalue weighted by molar-refractivity contribution is 6.32. The fraction of sp³-hybridized carbons (Fsp3) is 0.333. The van der Waals surface area contributed by atoms with E-state index >= 15 is 0 Å². The minimum absolute atomic E-state index is 0.0222. The summed E-state index contributed by atoms with van der Waals surface area (Å²) in [5.74, 6) is -1.07. The molecule has 4 nitrogen and oxygen atoms in total. The van der Waals surface area contributed by atoms with Crippen LogP contribution in [0.25, 0.3) is 0 Å². The van der Waals surface area contributed by atoms with Crippen LogP contribution in [0.3, 0.4) is 0 Å². The summed E-state index contributed by atoms with van der Waals surface area (Å²) in [6.07, 6.45) is -0.104. The third-order valence-electron chi connectivity index (χ3n) is 2.23. The van der Waals surface area contributed by atoms with E-state index in [0.29, 0.717) is 6.61 Å². The van der Waals surface area contributed by atoms with Crippen molar-refractivity contribution in [1.82, 2.24) is 4.98 Å². The van der Waals surface area contributed by atoms with Gasteiger partial charge in [0.2, 0.25) is 0 Å². The summed E-state index contributed by atoms with van der Waals surface area (Å²) in [4.78, 5) is 14.7. The van der Waals surface area contributed by atoms with Gasteiger partial charge in [0.1, 0.15) is 5.15 Å². The Bertz CT molecular complexity index is 405. The highest BCUT2D eigenvalue weighted by Crippen LogP contribution is 2.31. The van der Waals surface area contributed by atoms with Gasteiger partial charge in [-0.1, -0.05) is 11.6 Å². The van der Waals surface area contributed by atoms with Crippen molar-refractivity contribution in [3.8, 4) is 0 Å². The van der Waals surface area contributed by atoms with Gasteiger partial charge in [0, 0.05) is 5.56 Å². The number of aromatic nitrogens is 1. The number of carboxylic acid groups (broad SMARTS) is 1. The average Bonchev–Trinajstić information content (AvgIpc) is 2.46. The first kappa shape index (κ1) is 9.43. The van der Waals surface area contributed by atoms with E-state index in [4.69, 9.17) is 21.4 Å². The van der Waals surface area contributed by atoms with E-state index in [0.717, 1.165) is 11.3 Å². The van der Waals surface area contributed by atoms with E-state index in [1.54, 1.807) is 0 Å². The standard InChI is InChI=1S/C9H8ClNO3/c1-4-5-2-6(9(12)13)8(10)11-7(5)3-14-4/h2,4H,3H2,1H3,(H,12,13)/t4-/m1/s1. The highest BCUT2D eigenvalue weighted by atomic mass is 35.5. The Labute approximate surface area is 85.5 Å². The van der Waals surface area contributed by atoms with Gasteiger partial charge in [0.05, 0.1) is 24.0 Å². The molecule has 2 heterocycles. The van der Waals surface area contributed by atoms with Gasteiger partial charge in [0.25, 0.3) is 0 Å². The Balaban J connectivity index is 2.57. The van der Waals surface area contributed by atoms with Gasteiger partial charge in [-0.05, 0) is 13.0 Å². The largest absolute Gasteiger partial charge is 0.478 e. The summed E-state index contributed by atoms with van der Waals surface area (Å²) in [7, 11) is 0. The van der Waals surface area contributed by atoms with Gasteiger partial charge >= 0.3 is 5.97 Å². The van der Waals surface area contributed by atoms with E-state index < -0.39 is 5.97 Å². The molecule has 0 aliphatic carbocycles. The fourth-order valence-electron chi connectivity index (χ4n) is 1.45. The zero-order valence-corrected chi connectivity index (χ0v) is 8.21. The summed E-state index contributed by atoms with van der Waals surface area (Å²) >= 11 is 5.70. The smallest absolute Gasteiger partial charge is 0.338 e. The van der Waals surface area contributed by atoms with Gasteiger partial charge in [-0.25, -0.2) is 9.78 Å². The molecule has 1 aromatic rings. The van der Waals surface area contributed by atoms with Crippen LogP contribution >= 0.6 is 11.6 Å². The van der Waals surface area contributed by atoms with Gasteiger partial charge < -0.3 is 9.84 Å². The van der Waals surface area contributed by atoms with Crippen LogP contribution in [-0.4, -0.2) is 16.1 Å². The molecule has 0 unspecified atom stereocenters. The molecular weight excluding hydrogens is 206 g/mol. The number of hydrogen-bond acceptors (Lipinski definition) is 3. The molecule has 0 bridgehead atoms. The van der Waals surface area contributed by atoms with Gasteiger partial charge in [-0.15, -0.1) is 0 Å². The molecule has 0 aromatic carbocycles. The second-order valence-corrected chi connectivity index (χ2v) is 3.48. The molecule has 0 spiro atoms. The lowest BCUT2D eigenvalue weighted by Gasteiger charge is -2.04. The van der Waals surface area contributed by atoms with Crippen LogP contribution in [0, 0.1) is 0 Å². The maximum Gasteiger partial charge on any atom is 0.338 e. The van der Waals surface area contributed by atoms with E-state index in [2.05, 4.69) is 4.98 Å². The zero-order chi connectivity index (χ0) is 10.3. The number of hydrogen-bond donors (Lipinski definition) is 1. The van der Waals surface area contributed by atoms with Crippen molar-refractivity contribution in [3.63, 3.8) is 0 Å². The van der Waals surface area contributed by atoms with Crippen molar-refractivity contribution in [2.75, 3.05) is 0 Å². The summed E-state index contributed by atoms with van der Waals surface area (Å²) in [6, 6.07) is 1.53. The minimum atomic E-state index is -1.07. The molecule has 5 heteroatoms. The van der Waals surface area contributed by atoms with Crippen LogP contribution in [-0.2, 0) is 11.3 Å². The normalized spacial score (nSPS) is 19.4. The zero-order valence-electron chi connectivity index (χ0n) is 7.45. The van der Waals surface area contributed by atoms with E-state index in [9.17, 15) is 4.79 Å². The molecule has 74 valence electrons. The number of rotatable bonds is 1. The molecule has 0 saturated heterocycles. The molecule has 1 N–H and O–H groups in total. The minimum Gasteiger partial charge on any atom is -0.478 e. The van der Waals surface area contributed by atoms with Gasteiger partial charge in [0.15, 0.2) is 0 Å². The molecule has 14 heavy (non-hydrogen) atoms. The first-order valence-corrected chi connectivity index (χ1v) is 4.51. The quantitative estimate of drug-likeness (QED) is 0.725. The third kappa shape index (κ3) is 1.36. The number of nitrogens with zero attached hydrogens (tertiary/aromatic N) is 1. The molecule has 1 aliphatic rings. The van der Waals surface area contributed by atoms with Crippen molar-refractivity contribution in [2.45, 2.75) is 19.6 Å². The Morgan fingerprint density at radius 2 is 2.50 bits per heavy atom. The third-order valence-corrected chi connectivity index (χ3v) is 2.51. The van der Waals surface area contributed by atoms with Crippen molar-refractivity contribution < 1.29 is 14.6 Å². The Morgan fingerprint density at radius 3 is 3.14 bits per heavy atom. The topological polar surface area (TPSA) is 59.4 Å². The second-order valence-electron chi connectivity index (χ2n) is 3.12. The number of halogens is 1. The lowest BCUT2D eigenvalue weighted by atomic mass is 10.1. The fourth-order valence-corrected chi connectivity index (χ4v) is 1.69. The molecule has 1 atom stereocenters. The molecule has 2 rings (SSSR count). The first-order valence-electron chi connectivity index (χ1n) is 4.14. The molecule has 0 radical (unpaired) electrons. The number of pyridine rings is 1. The van der Waals surface area contributed by atoms with Crippen molar-refractivity contribution in [1.29, 1.82) is 0 Å². The second kappa shape index (κ2) is 3.22. The summed E-state index contributed by atoms with van der Waals surface area (Å²) in [5.41, 5.74) is 1.57. The predicted molar refractivity (Wildman–Crippen MR) is 49.4 cm³/mol. The number of aromatic carboxylic acids is 1. The number of carbonyl (C=O) groups is 1. The molecule has 1 aliphatic heterocycles. The van der Waals surface area contributed by atoms with Crippen LogP contribution in [0.4, 0.5) is 0 Å². The van der Waals surface area contributed by atoms with E-state index in [-0.39, 0.29) is 16.8 Å². The Hall–Kier alpha value is -1.13. The molecular formula is C9H8ClNO3. The van der Waals surface area contributed by atoms with Crippen LogP contribution in [0.15, 0.2) is 6.07 Å². The maximum absolute atomic E-state index is 10.8. The molecule has 0 fully saturated rings. The first-order chi connectivity index (χ1) is 6.59. The highest BCUT2D eigenvalue weighted by Gasteiger charge is 2.24. The van der Waals surface area contributed by atoms with Gasteiger partial charge in [-0.3, -0.25) is 0 Å². The monoisotopic (exact) mass is 213 g/mol. The van der Waals surface area contributed by atoms with Crippen molar-refractivity contribution in [3.05, 3.63) is 28.0 Å². The van der Waals surface area contributed by atoms with Crippen LogP contribution in [0.5, 0.6) is 0 Å². The van der Waals surface area contributed by atoms with Crippen LogP contribution in [0.2, 0.25) is 5.15 Å². The molecule has 0 saturated carbocycles. The average molecular weight is 214 g/mol. The van der Waals surface area contributed by atoms with E-state index in [1.165, 1.54) is 6.07 Å². The number of ether oxygens (including phenoxy) is 1. The summed E-state index contributed by atoms with van der Waals surface area (Å²) in [5, 5.41) is 8.84. The Kier molecular flexibility index (Phi) is 2.17.